The Morgan fingerprint density at radius 2 is 1.45 bits per heavy atom. The van der Waals surface area contributed by atoms with Gasteiger partial charge in [0.25, 0.3) is 0 Å². The lowest BCUT2D eigenvalue weighted by Crippen LogP contribution is -2.14. The summed E-state index contributed by atoms with van der Waals surface area (Å²) in [5, 5.41) is 13.1. The molecule has 0 fully saturated rings. The minimum Gasteiger partial charge on any atom is -0.494 e. The number of nitrogens with zero attached hydrogens (tertiary/aromatic N) is 3. The van der Waals surface area contributed by atoms with Gasteiger partial charge in [0.1, 0.15) is 10.8 Å². The van der Waals surface area contributed by atoms with Crippen LogP contribution in [0.5, 0.6) is 5.75 Å². The summed E-state index contributed by atoms with van der Waals surface area (Å²) in [6.45, 7) is 7.29. The summed E-state index contributed by atoms with van der Waals surface area (Å²) in [5.74, 6) is 0.856. The summed E-state index contributed by atoms with van der Waals surface area (Å²) in [4.78, 5) is 3.50. The number of thiophene rings is 1. The van der Waals surface area contributed by atoms with Gasteiger partial charge in [0.2, 0.25) is 0 Å². The van der Waals surface area contributed by atoms with E-state index in [-0.39, 0.29) is 5.41 Å². The van der Waals surface area contributed by atoms with E-state index in [1.165, 1.54) is 49.0 Å². The van der Waals surface area contributed by atoms with E-state index in [0.717, 1.165) is 33.3 Å². The summed E-state index contributed by atoms with van der Waals surface area (Å²) in [5.41, 5.74) is 12.5. The Balaban J connectivity index is 1.22. The van der Waals surface area contributed by atoms with Crippen molar-refractivity contribution in [3.05, 3.63) is 162 Å². The second-order valence-corrected chi connectivity index (χ2v) is 14.6. The van der Waals surface area contributed by atoms with Gasteiger partial charge in [0.15, 0.2) is 0 Å². The molecule has 51 heavy (non-hydrogen) atoms. The molecule has 0 saturated heterocycles. The molecule has 0 N–H and O–H groups in total. The van der Waals surface area contributed by atoms with Gasteiger partial charge in [-0.1, -0.05) is 68.4 Å². The zero-order valence-corrected chi connectivity index (χ0v) is 29.5. The van der Waals surface area contributed by atoms with E-state index < -0.39 is 0 Å². The standard InChI is InChI=1S/C46H35N3OS/c1-4-50-35-14-10-13-34(26-35)48(32-11-6-5-7-12-32)45-24-23-44(51-45)31-19-22-42-38(25-31)39-27-37-36-15-8-9-16-40(36)46(2,3)41(37)28-43(39)49(42)33-20-17-30(29-47)18-21-33/h5-28H,4H2,1-3H3. The van der Waals surface area contributed by atoms with Gasteiger partial charge >= 0.3 is 0 Å². The molecule has 1 aliphatic rings. The predicted molar refractivity (Wildman–Crippen MR) is 212 cm³/mol. The first-order valence-corrected chi connectivity index (χ1v) is 18.2. The van der Waals surface area contributed by atoms with Crippen molar-refractivity contribution in [3.63, 3.8) is 0 Å². The summed E-state index contributed by atoms with van der Waals surface area (Å²) < 4.78 is 8.24. The fourth-order valence-corrected chi connectivity index (χ4v) is 8.84. The number of ether oxygens (including phenoxy) is 1. The smallest absolute Gasteiger partial charge is 0.121 e. The van der Waals surface area contributed by atoms with Crippen LogP contribution in [-0.2, 0) is 5.41 Å². The number of aromatic nitrogens is 1. The minimum absolute atomic E-state index is 0.114. The van der Waals surface area contributed by atoms with E-state index in [4.69, 9.17) is 4.74 Å². The van der Waals surface area contributed by atoms with Gasteiger partial charge in [0.05, 0.1) is 35.0 Å². The number of anilines is 3. The lowest BCUT2D eigenvalue weighted by atomic mass is 9.82. The van der Waals surface area contributed by atoms with Crippen LogP contribution in [-0.4, -0.2) is 11.2 Å². The SMILES string of the molecule is CCOc1cccc(N(c2ccccc2)c2ccc(-c3ccc4c(c3)c3cc5c(cc3n4-c3ccc(C#N)cc3)C(C)(C)c3ccccc3-5)s2)c1. The third-order valence-electron chi connectivity index (χ3n) is 10.2. The second kappa shape index (κ2) is 12.1. The largest absolute Gasteiger partial charge is 0.494 e. The van der Waals surface area contributed by atoms with Crippen molar-refractivity contribution in [1.29, 1.82) is 5.26 Å². The molecule has 0 aliphatic heterocycles. The first kappa shape index (κ1) is 30.9. The molecule has 2 heterocycles. The monoisotopic (exact) mass is 677 g/mol. The molecule has 0 spiro atoms. The highest BCUT2D eigenvalue weighted by Gasteiger charge is 2.36. The van der Waals surface area contributed by atoms with Crippen LogP contribution in [0.15, 0.2) is 146 Å². The number of benzene rings is 6. The van der Waals surface area contributed by atoms with Crippen LogP contribution >= 0.6 is 11.3 Å². The Labute approximate surface area is 302 Å². The molecule has 246 valence electrons. The summed E-state index contributed by atoms with van der Waals surface area (Å²) in [6.07, 6.45) is 0. The van der Waals surface area contributed by atoms with Crippen LogP contribution in [0.1, 0.15) is 37.5 Å². The Kier molecular flexibility index (Phi) is 7.31. The summed E-state index contributed by atoms with van der Waals surface area (Å²) in [6, 6.07) is 54.0. The second-order valence-electron chi connectivity index (χ2n) is 13.6. The Hall–Kier alpha value is -6.09. The normalized spacial score (nSPS) is 12.8. The van der Waals surface area contributed by atoms with Gasteiger partial charge in [-0.2, -0.15) is 5.26 Å². The van der Waals surface area contributed by atoms with Crippen molar-refractivity contribution < 1.29 is 4.74 Å². The maximum Gasteiger partial charge on any atom is 0.121 e. The van der Waals surface area contributed by atoms with Crippen molar-refractivity contribution in [2.24, 2.45) is 0 Å². The highest BCUT2D eigenvalue weighted by atomic mass is 32.1. The molecule has 1 aliphatic carbocycles. The number of para-hydroxylation sites is 1. The van der Waals surface area contributed by atoms with Crippen molar-refractivity contribution in [3.8, 4) is 39.1 Å². The summed E-state index contributed by atoms with van der Waals surface area (Å²) >= 11 is 1.78. The zero-order valence-electron chi connectivity index (χ0n) is 28.7. The quantitative estimate of drug-likeness (QED) is 0.169. The maximum atomic E-state index is 9.53. The van der Waals surface area contributed by atoms with Gasteiger partial charge < -0.3 is 14.2 Å². The first-order chi connectivity index (χ1) is 24.9. The van der Waals surface area contributed by atoms with Crippen LogP contribution in [0.2, 0.25) is 0 Å². The average molecular weight is 678 g/mol. The van der Waals surface area contributed by atoms with Gasteiger partial charge in [-0.15, -0.1) is 11.3 Å². The molecule has 0 amide bonds. The van der Waals surface area contributed by atoms with Crippen LogP contribution in [0.25, 0.3) is 49.1 Å². The highest BCUT2D eigenvalue weighted by Crippen LogP contribution is 2.51. The molecule has 0 atom stereocenters. The topological polar surface area (TPSA) is 41.2 Å². The number of hydrogen-bond acceptors (Lipinski definition) is 4. The first-order valence-electron chi connectivity index (χ1n) is 17.4. The van der Waals surface area contributed by atoms with E-state index in [2.05, 4.69) is 157 Å². The van der Waals surface area contributed by atoms with Crippen molar-refractivity contribution in [2.45, 2.75) is 26.2 Å². The summed E-state index contributed by atoms with van der Waals surface area (Å²) in [7, 11) is 0. The Morgan fingerprint density at radius 1 is 0.686 bits per heavy atom. The Bertz CT molecular complexity index is 2640. The molecule has 5 heteroatoms. The van der Waals surface area contributed by atoms with Gasteiger partial charge in [-0.25, -0.2) is 0 Å². The molecule has 4 nitrogen and oxygen atoms in total. The third kappa shape index (κ3) is 5.02. The molecule has 9 rings (SSSR count). The fourth-order valence-electron chi connectivity index (χ4n) is 7.79. The number of rotatable bonds is 7. The molecular weight excluding hydrogens is 643 g/mol. The lowest BCUT2D eigenvalue weighted by molar-refractivity contribution is 0.340. The molecule has 0 bridgehead atoms. The van der Waals surface area contributed by atoms with Gasteiger partial charge in [-0.05, 0) is 120 Å². The van der Waals surface area contributed by atoms with Crippen molar-refractivity contribution in [2.75, 3.05) is 11.5 Å². The molecule has 2 aromatic heterocycles. The highest BCUT2D eigenvalue weighted by molar-refractivity contribution is 7.19. The van der Waals surface area contributed by atoms with E-state index in [0.29, 0.717) is 12.2 Å². The zero-order chi connectivity index (χ0) is 34.7. The number of nitriles is 1. The van der Waals surface area contributed by atoms with E-state index in [1.54, 1.807) is 11.3 Å². The van der Waals surface area contributed by atoms with Crippen LogP contribution in [0.3, 0.4) is 0 Å². The van der Waals surface area contributed by atoms with Gasteiger partial charge in [-0.3, -0.25) is 0 Å². The Morgan fingerprint density at radius 3 is 2.25 bits per heavy atom. The molecular formula is C46H35N3OS. The van der Waals surface area contributed by atoms with Crippen molar-refractivity contribution >= 4 is 49.5 Å². The van der Waals surface area contributed by atoms with Crippen molar-refractivity contribution in [1.82, 2.24) is 4.57 Å². The van der Waals surface area contributed by atoms with E-state index in [9.17, 15) is 5.26 Å². The van der Waals surface area contributed by atoms with E-state index in [1.807, 2.05) is 25.1 Å². The third-order valence-corrected chi connectivity index (χ3v) is 11.3. The van der Waals surface area contributed by atoms with E-state index >= 15 is 0 Å². The van der Waals surface area contributed by atoms with Crippen LogP contribution in [0, 0.1) is 11.3 Å². The number of hydrogen-bond donors (Lipinski definition) is 0. The average Bonchev–Trinajstić information content (AvgIpc) is 3.83. The molecule has 6 aromatic carbocycles. The molecule has 0 radical (unpaired) electrons. The predicted octanol–water partition coefficient (Wildman–Crippen LogP) is 12.6. The minimum atomic E-state index is -0.114. The van der Waals surface area contributed by atoms with Crippen LogP contribution in [0.4, 0.5) is 16.4 Å². The lowest BCUT2D eigenvalue weighted by Gasteiger charge is -2.24. The maximum absolute atomic E-state index is 9.53. The van der Waals surface area contributed by atoms with Gasteiger partial charge in [0, 0.05) is 38.5 Å². The number of fused-ring (bicyclic) bond motifs is 6. The fraction of sp³-hybridized carbons (Fsp3) is 0.109. The molecule has 0 saturated carbocycles. The molecule has 0 unspecified atom stereocenters. The molecule has 8 aromatic rings. The van der Waals surface area contributed by atoms with Crippen LogP contribution < -0.4 is 9.64 Å².